The van der Waals surface area contributed by atoms with Gasteiger partial charge in [0.15, 0.2) is 0 Å². The fourth-order valence-electron chi connectivity index (χ4n) is 2.67. The van der Waals surface area contributed by atoms with Crippen LogP contribution >= 0.6 is 0 Å². The summed E-state index contributed by atoms with van der Waals surface area (Å²) in [5.74, 6) is -0.807. The summed E-state index contributed by atoms with van der Waals surface area (Å²) in [7, 11) is 0.185. The van der Waals surface area contributed by atoms with Crippen LogP contribution in [-0.4, -0.2) is 44.4 Å². The third-order valence-corrected chi connectivity index (χ3v) is 3.84. The van der Waals surface area contributed by atoms with E-state index in [0.29, 0.717) is 12.2 Å². The van der Waals surface area contributed by atoms with Crippen molar-refractivity contribution in [2.45, 2.75) is 45.3 Å². The van der Waals surface area contributed by atoms with Crippen molar-refractivity contribution in [3.05, 3.63) is 29.3 Å². The Hall–Kier alpha value is -3.22. The molecule has 0 spiro atoms. The molecule has 2 atom stereocenters. The zero-order valence-electron chi connectivity index (χ0n) is 15.7. The maximum absolute atomic E-state index is 12.4. The van der Waals surface area contributed by atoms with Crippen LogP contribution in [0.3, 0.4) is 0 Å². The van der Waals surface area contributed by atoms with Crippen LogP contribution in [0.1, 0.15) is 42.6 Å². The van der Waals surface area contributed by atoms with Gasteiger partial charge in [0.25, 0.3) is 0 Å². The standard InChI is InChI=1S/C18H21BN2O7/c1-3-25-18(24)27-11(2)26-17(23)13-7-4-6-12-10-14(19-28-16(12)13)21-15(22)8-5-9-20/h4,6-7,11,14,19H,3,5,8,10H2,1-2H3,(H,21,22). The van der Waals surface area contributed by atoms with Crippen molar-refractivity contribution in [1.29, 1.82) is 5.26 Å². The lowest BCUT2D eigenvalue weighted by atomic mass is 9.79. The van der Waals surface area contributed by atoms with Crippen LogP contribution in [0.4, 0.5) is 4.79 Å². The van der Waals surface area contributed by atoms with E-state index in [4.69, 9.17) is 19.4 Å². The molecule has 9 nitrogen and oxygen atoms in total. The molecule has 1 aromatic rings. The zero-order valence-corrected chi connectivity index (χ0v) is 15.7. The highest BCUT2D eigenvalue weighted by Gasteiger charge is 2.28. The topological polar surface area (TPSA) is 124 Å². The summed E-state index contributed by atoms with van der Waals surface area (Å²) < 4.78 is 20.2. The highest BCUT2D eigenvalue weighted by molar-refractivity contribution is 6.32. The minimum Gasteiger partial charge on any atom is -0.561 e. The van der Waals surface area contributed by atoms with Gasteiger partial charge >= 0.3 is 19.6 Å². The van der Waals surface area contributed by atoms with E-state index in [1.165, 1.54) is 6.92 Å². The normalized spacial score (nSPS) is 15.5. The van der Waals surface area contributed by atoms with Crippen molar-refractivity contribution in [3.8, 4) is 11.8 Å². The van der Waals surface area contributed by atoms with Gasteiger partial charge < -0.3 is 24.2 Å². The Bertz CT molecular complexity index is 778. The van der Waals surface area contributed by atoms with E-state index in [1.54, 1.807) is 25.1 Å². The number of carbonyl (C=O) groups is 3. The lowest BCUT2D eigenvalue weighted by molar-refractivity contribution is -0.121. The van der Waals surface area contributed by atoms with Crippen LogP contribution in [0.2, 0.25) is 0 Å². The fourth-order valence-corrected chi connectivity index (χ4v) is 2.67. The average Bonchev–Trinajstić information content (AvgIpc) is 2.65. The van der Waals surface area contributed by atoms with Crippen LogP contribution in [0.15, 0.2) is 18.2 Å². The van der Waals surface area contributed by atoms with Gasteiger partial charge in [-0.1, -0.05) is 12.1 Å². The molecule has 1 N–H and O–H groups in total. The van der Waals surface area contributed by atoms with Crippen LogP contribution in [0, 0.1) is 11.3 Å². The van der Waals surface area contributed by atoms with Gasteiger partial charge in [-0.15, -0.1) is 0 Å². The number of carbonyl (C=O) groups excluding carboxylic acids is 3. The third-order valence-electron chi connectivity index (χ3n) is 3.84. The number of hydrogen-bond acceptors (Lipinski definition) is 8. The first kappa shape index (κ1) is 21.1. The van der Waals surface area contributed by atoms with Crippen LogP contribution in [0.5, 0.6) is 5.75 Å². The molecule has 2 rings (SSSR count). The molecule has 0 aromatic heterocycles. The first-order chi connectivity index (χ1) is 13.4. The number of esters is 1. The van der Waals surface area contributed by atoms with Gasteiger partial charge in [0, 0.05) is 25.7 Å². The first-order valence-corrected chi connectivity index (χ1v) is 8.90. The zero-order chi connectivity index (χ0) is 20.5. The Morgan fingerprint density at radius 3 is 2.89 bits per heavy atom. The van der Waals surface area contributed by atoms with E-state index in [1.807, 2.05) is 6.07 Å². The highest BCUT2D eigenvalue weighted by Crippen LogP contribution is 2.29. The van der Waals surface area contributed by atoms with E-state index in [9.17, 15) is 14.4 Å². The number of nitriles is 1. The number of amides is 1. The van der Waals surface area contributed by atoms with Gasteiger partial charge in [0.05, 0.1) is 12.7 Å². The molecule has 0 saturated heterocycles. The molecule has 0 saturated carbocycles. The fraction of sp³-hybridized carbons (Fsp3) is 0.444. The maximum Gasteiger partial charge on any atom is 0.511 e. The summed E-state index contributed by atoms with van der Waals surface area (Å²) in [6.45, 7) is 3.18. The predicted molar refractivity (Wildman–Crippen MR) is 97.7 cm³/mol. The van der Waals surface area contributed by atoms with Crippen LogP contribution in [0.25, 0.3) is 0 Å². The van der Waals surface area contributed by atoms with Crippen molar-refractivity contribution >= 4 is 25.5 Å². The van der Waals surface area contributed by atoms with Crippen molar-refractivity contribution < 1.29 is 33.2 Å². The minimum atomic E-state index is -1.13. The molecule has 1 aromatic carbocycles. The first-order valence-electron chi connectivity index (χ1n) is 8.90. The van der Waals surface area contributed by atoms with Crippen molar-refractivity contribution in [2.24, 2.45) is 0 Å². The third kappa shape index (κ3) is 5.91. The Labute approximate surface area is 163 Å². The van der Waals surface area contributed by atoms with Crippen LogP contribution < -0.4 is 9.97 Å². The molecule has 28 heavy (non-hydrogen) atoms. The number of rotatable bonds is 7. The van der Waals surface area contributed by atoms with E-state index >= 15 is 0 Å². The molecule has 0 aliphatic carbocycles. The Morgan fingerprint density at radius 1 is 1.39 bits per heavy atom. The molecule has 0 fully saturated rings. The second kappa shape index (κ2) is 10.2. The number of benzene rings is 1. The summed E-state index contributed by atoms with van der Waals surface area (Å²) >= 11 is 0. The number of nitrogens with zero attached hydrogens (tertiary/aromatic N) is 1. The molecule has 2 unspecified atom stereocenters. The number of para-hydroxylation sites is 1. The monoisotopic (exact) mass is 388 g/mol. The number of ether oxygens (including phenoxy) is 3. The van der Waals surface area contributed by atoms with Gasteiger partial charge in [-0.25, -0.2) is 9.59 Å². The molecule has 148 valence electrons. The van der Waals surface area contributed by atoms with Gasteiger partial charge in [-0.3, -0.25) is 4.79 Å². The number of fused-ring (bicyclic) bond motifs is 1. The lowest BCUT2D eigenvalue weighted by Gasteiger charge is -2.26. The SMILES string of the molecule is CCOC(=O)OC(C)OC(=O)c1cccc2c1OBC(NC(=O)CCC#N)C2. The van der Waals surface area contributed by atoms with Crippen molar-refractivity contribution in [1.82, 2.24) is 5.32 Å². The van der Waals surface area contributed by atoms with E-state index in [0.717, 1.165) is 5.56 Å². The molecule has 1 aliphatic heterocycles. The van der Waals surface area contributed by atoms with Crippen LogP contribution in [-0.2, 0) is 25.4 Å². The predicted octanol–water partition coefficient (Wildman–Crippen LogP) is 1.39. The number of nitrogens with one attached hydrogen (secondary N) is 1. The van der Waals surface area contributed by atoms with Gasteiger partial charge in [0.1, 0.15) is 11.3 Å². The van der Waals surface area contributed by atoms with Gasteiger partial charge in [-0.05, 0) is 25.0 Å². The van der Waals surface area contributed by atoms with E-state index < -0.39 is 18.4 Å². The van der Waals surface area contributed by atoms with E-state index in [2.05, 4.69) is 10.1 Å². The molecule has 10 heteroatoms. The Kier molecular flexibility index (Phi) is 7.69. The largest absolute Gasteiger partial charge is 0.561 e. The second-order valence-electron chi connectivity index (χ2n) is 6.01. The van der Waals surface area contributed by atoms with E-state index in [-0.39, 0.29) is 44.3 Å². The average molecular weight is 388 g/mol. The smallest absolute Gasteiger partial charge is 0.511 e. The molecule has 1 aliphatic rings. The quantitative estimate of drug-likeness (QED) is 0.422. The second-order valence-corrected chi connectivity index (χ2v) is 6.01. The summed E-state index contributed by atoms with van der Waals surface area (Å²) in [4.78, 5) is 35.5. The maximum atomic E-state index is 12.4. The summed E-state index contributed by atoms with van der Waals surface area (Å²) in [5, 5.41) is 11.3. The Balaban J connectivity index is 1.99. The number of hydrogen-bond donors (Lipinski definition) is 1. The van der Waals surface area contributed by atoms with Crippen molar-refractivity contribution in [3.63, 3.8) is 0 Å². The summed E-state index contributed by atoms with van der Waals surface area (Å²) in [6, 6.07) is 6.93. The van der Waals surface area contributed by atoms with Gasteiger partial charge in [0.2, 0.25) is 12.2 Å². The summed E-state index contributed by atoms with van der Waals surface area (Å²) in [6.07, 6.45) is -1.30. The molecule has 1 heterocycles. The molecule has 1 amide bonds. The summed E-state index contributed by atoms with van der Waals surface area (Å²) in [5.41, 5.74) is 0.941. The lowest BCUT2D eigenvalue weighted by Crippen LogP contribution is -2.45. The highest BCUT2D eigenvalue weighted by atomic mass is 16.8. The molecule has 0 bridgehead atoms. The molecule has 0 radical (unpaired) electrons. The molecular weight excluding hydrogens is 367 g/mol. The Morgan fingerprint density at radius 2 is 2.18 bits per heavy atom. The minimum absolute atomic E-state index is 0.130. The molecular formula is C18H21BN2O7. The van der Waals surface area contributed by atoms with Crippen molar-refractivity contribution in [2.75, 3.05) is 6.61 Å². The van der Waals surface area contributed by atoms with Gasteiger partial charge in [-0.2, -0.15) is 5.26 Å².